The molecule has 0 saturated carbocycles. The van der Waals surface area contributed by atoms with Crippen LogP contribution in [0.1, 0.15) is 39.5 Å². The van der Waals surface area contributed by atoms with E-state index in [1.54, 1.807) is 0 Å². The Kier molecular flexibility index (Phi) is 8.27. The van der Waals surface area contributed by atoms with Gasteiger partial charge in [-0.2, -0.15) is 20.8 Å². The van der Waals surface area contributed by atoms with Crippen molar-refractivity contribution in [3.8, 4) is 37.1 Å². The van der Waals surface area contributed by atoms with E-state index in [1.807, 2.05) is 24.2 Å². The van der Waals surface area contributed by atoms with Crippen LogP contribution in [-0.4, -0.2) is 22.9 Å². The Hall–Kier alpha value is -3.36. The second-order valence-electron chi connectivity index (χ2n) is 5.36. The maximum atomic E-state index is 11.4. The van der Waals surface area contributed by atoms with Crippen LogP contribution in [0, 0.1) is 47.6 Å². The molecule has 2 amide bonds. The van der Waals surface area contributed by atoms with Crippen molar-refractivity contribution in [3.63, 3.8) is 0 Å². The second-order valence-corrected chi connectivity index (χ2v) is 5.36. The number of terminal acetylenes is 2. The van der Waals surface area contributed by atoms with Gasteiger partial charge in [-0.05, 0) is 26.7 Å². The number of carbonyl (C=O) groups is 2. The van der Waals surface area contributed by atoms with Gasteiger partial charge in [0.1, 0.15) is 0 Å². The number of carbonyl (C=O) groups excluding carboxylic acids is 2. The molecule has 0 aliphatic carbocycles. The summed E-state index contributed by atoms with van der Waals surface area (Å²) in [6, 6.07) is 7.89. The molecule has 0 aromatic heterocycles. The molecule has 0 bridgehead atoms. The fraction of sp³-hybridized carbons (Fsp3) is 0.500. The zero-order chi connectivity index (χ0) is 18.6. The number of hydrogen-bond donors (Lipinski definition) is 2. The number of nitrogens with one attached hydrogen (secondary N) is 2. The van der Waals surface area contributed by atoms with Crippen molar-refractivity contribution in [1.29, 1.82) is 10.5 Å². The standard InChI is InChI=1S/C16H18N6O2/c1-5-19-13(23)7-9-15(3,11-17)21-22-16(4,12-18)10-8-14(24)20-6-2/h1-2H,7-10H2,3-4H3,(H,19,23)(H,20,24). The molecule has 2 unspecified atom stereocenters. The fourth-order valence-corrected chi connectivity index (χ4v) is 1.48. The van der Waals surface area contributed by atoms with Crippen LogP contribution >= 0.6 is 0 Å². The number of nitriles is 2. The average molecular weight is 326 g/mol. The monoisotopic (exact) mass is 326 g/mol. The largest absolute Gasteiger partial charge is 0.285 e. The number of rotatable bonds is 8. The van der Waals surface area contributed by atoms with Crippen LogP contribution in [0.2, 0.25) is 0 Å². The molecule has 0 aliphatic heterocycles. The van der Waals surface area contributed by atoms with Gasteiger partial charge in [0.05, 0.1) is 12.1 Å². The van der Waals surface area contributed by atoms with Crippen molar-refractivity contribution in [1.82, 2.24) is 10.6 Å². The molecule has 2 N–H and O–H groups in total. The van der Waals surface area contributed by atoms with Gasteiger partial charge in [-0.15, -0.1) is 0 Å². The zero-order valence-corrected chi connectivity index (χ0v) is 13.6. The summed E-state index contributed by atoms with van der Waals surface area (Å²) in [5.41, 5.74) is -2.57. The van der Waals surface area contributed by atoms with Crippen molar-refractivity contribution in [2.75, 3.05) is 0 Å². The zero-order valence-electron chi connectivity index (χ0n) is 13.6. The van der Waals surface area contributed by atoms with Gasteiger partial charge in [0.25, 0.3) is 0 Å². The number of nitrogens with zero attached hydrogens (tertiary/aromatic N) is 4. The summed E-state index contributed by atoms with van der Waals surface area (Å²) in [7, 11) is 0. The maximum Gasteiger partial charge on any atom is 0.231 e. The molecule has 0 fully saturated rings. The molecule has 8 nitrogen and oxygen atoms in total. The Morgan fingerprint density at radius 1 is 0.917 bits per heavy atom. The molecule has 0 heterocycles. The van der Waals surface area contributed by atoms with E-state index in [1.165, 1.54) is 13.8 Å². The Morgan fingerprint density at radius 3 is 1.50 bits per heavy atom. The quantitative estimate of drug-likeness (QED) is 0.391. The van der Waals surface area contributed by atoms with Crippen LogP contribution in [0.3, 0.4) is 0 Å². The molecule has 2 atom stereocenters. The highest BCUT2D eigenvalue weighted by atomic mass is 16.2. The highest BCUT2D eigenvalue weighted by Gasteiger charge is 2.29. The molecule has 0 aromatic rings. The highest BCUT2D eigenvalue weighted by Crippen LogP contribution is 2.23. The molecule has 0 saturated heterocycles. The van der Waals surface area contributed by atoms with E-state index in [9.17, 15) is 20.1 Å². The van der Waals surface area contributed by atoms with E-state index in [0.29, 0.717) is 0 Å². The third kappa shape index (κ3) is 7.59. The lowest BCUT2D eigenvalue weighted by Crippen LogP contribution is -2.27. The lowest BCUT2D eigenvalue weighted by molar-refractivity contribution is -0.121. The van der Waals surface area contributed by atoms with Gasteiger partial charge in [-0.25, -0.2) is 0 Å². The SMILES string of the molecule is C#CNC(=O)CCC(C)(C#N)N=NC(C)(C#N)CCC(=O)NC#C. The predicted octanol–water partition coefficient (Wildman–Crippen LogP) is 0.977. The van der Waals surface area contributed by atoms with Crippen LogP contribution in [-0.2, 0) is 9.59 Å². The van der Waals surface area contributed by atoms with E-state index in [-0.39, 0.29) is 25.7 Å². The molecule has 124 valence electrons. The molecule has 8 heteroatoms. The topological polar surface area (TPSA) is 130 Å². The molecule has 0 aliphatic rings. The molecular formula is C16H18N6O2. The number of azo groups is 1. The van der Waals surface area contributed by atoms with Crippen molar-refractivity contribution in [3.05, 3.63) is 0 Å². The smallest absolute Gasteiger partial charge is 0.231 e. The van der Waals surface area contributed by atoms with Crippen molar-refractivity contribution >= 4 is 11.8 Å². The van der Waals surface area contributed by atoms with Gasteiger partial charge in [0.2, 0.25) is 11.8 Å². The van der Waals surface area contributed by atoms with E-state index in [2.05, 4.69) is 20.9 Å². The first-order valence-electron chi connectivity index (χ1n) is 6.99. The first-order valence-corrected chi connectivity index (χ1v) is 6.99. The predicted molar refractivity (Wildman–Crippen MR) is 85.3 cm³/mol. The molecule has 0 radical (unpaired) electrons. The van der Waals surface area contributed by atoms with Gasteiger partial charge in [-0.1, -0.05) is 12.8 Å². The van der Waals surface area contributed by atoms with E-state index in [0.717, 1.165) is 0 Å². The molecule has 0 aromatic carbocycles. The Morgan fingerprint density at radius 2 is 1.25 bits per heavy atom. The van der Waals surface area contributed by atoms with Gasteiger partial charge < -0.3 is 0 Å². The third-order valence-corrected chi connectivity index (χ3v) is 3.07. The average Bonchev–Trinajstić information content (AvgIpc) is 2.57. The lowest BCUT2D eigenvalue weighted by atomic mass is 9.97. The summed E-state index contributed by atoms with van der Waals surface area (Å²) < 4.78 is 0. The van der Waals surface area contributed by atoms with Gasteiger partial charge in [0, 0.05) is 24.9 Å². The van der Waals surface area contributed by atoms with Crippen LogP contribution < -0.4 is 10.6 Å². The van der Waals surface area contributed by atoms with Crippen molar-refractivity contribution < 1.29 is 9.59 Å². The van der Waals surface area contributed by atoms with Crippen LogP contribution in [0.15, 0.2) is 10.2 Å². The minimum Gasteiger partial charge on any atom is -0.285 e. The molecule has 0 spiro atoms. The Balaban J connectivity index is 4.93. The van der Waals surface area contributed by atoms with Crippen molar-refractivity contribution in [2.45, 2.75) is 50.6 Å². The first kappa shape index (κ1) is 20.6. The van der Waals surface area contributed by atoms with Crippen LogP contribution in [0.5, 0.6) is 0 Å². The van der Waals surface area contributed by atoms with E-state index in [4.69, 9.17) is 12.8 Å². The molecular weight excluding hydrogens is 308 g/mol. The summed E-state index contributed by atoms with van der Waals surface area (Å²) in [6.07, 6.45) is 10.0. The van der Waals surface area contributed by atoms with Crippen molar-refractivity contribution in [2.24, 2.45) is 10.2 Å². The Bertz CT molecular complexity index is 615. The number of amides is 2. The summed E-state index contributed by atoms with van der Waals surface area (Å²) >= 11 is 0. The van der Waals surface area contributed by atoms with Gasteiger partial charge >= 0.3 is 0 Å². The minimum atomic E-state index is -1.29. The summed E-state index contributed by atoms with van der Waals surface area (Å²) in [4.78, 5) is 22.7. The molecule has 0 rings (SSSR count). The minimum absolute atomic E-state index is 0.0128. The normalized spacial score (nSPS) is 14.8. The first-order chi connectivity index (χ1) is 11.2. The van der Waals surface area contributed by atoms with Crippen LogP contribution in [0.4, 0.5) is 0 Å². The fourth-order valence-electron chi connectivity index (χ4n) is 1.48. The molecule has 24 heavy (non-hydrogen) atoms. The summed E-state index contributed by atoms with van der Waals surface area (Å²) in [5.74, 6) is -0.827. The number of hydrogen-bond acceptors (Lipinski definition) is 6. The summed E-state index contributed by atoms with van der Waals surface area (Å²) in [6.45, 7) is 2.98. The summed E-state index contributed by atoms with van der Waals surface area (Å²) in [5, 5.41) is 30.6. The van der Waals surface area contributed by atoms with Gasteiger partial charge in [-0.3, -0.25) is 20.2 Å². The lowest BCUT2D eigenvalue weighted by Gasteiger charge is -2.19. The highest BCUT2D eigenvalue weighted by molar-refractivity contribution is 5.78. The maximum absolute atomic E-state index is 11.4. The van der Waals surface area contributed by atoms with E-state index >= 15 is 0 Å². The van der Waals surface area contributed by atoms with Gasteiger partial charge in [0.15, 0.2) is 11.1 Å². The second kappa shape index (κ2) is 9.62. The third-order valence-electron chi connectivity index (χ3n) is 3.07. The van der Waals surface area contributed by atoms with Crippen LogP contribution in [0.25, 0.3) is 0 Å². The Labute approximate surface area is 141 Å². The van der Waals surface area contributed by atoms with E-state index < -0.39 is 22.9 Å².